The van der Waals surface area contributed by atoms with Gasteiger partial charge in [-0.2, -0.15) is 0 Å². The van der Waals surface area contributed by atoms with Gasteiger partial charge in [-0.15, -0.1) is 0 Å². The molecule has 11 N–H and O–H groups in total. The zero-order valence-corrected chi connectivity index (χ0v) is 33.1. The van der Waals surface area contributed by atoms with E-state index in [9.17, 15) is 28.6 Å². The van der Waals surface area contributed by atoms with Crippen molar-refractivity contribution in [3.05, 3.63) is 35.4 Å². The molecule has 320 valence electrons. The summed E-state index contributed by atoms with van der Waals surface area (Å²) in [7, 11) is -3.59. The Kier molecular flexibility index (Phi) is 25.5. The third-order valence-electron chi connectivity index (χ3n) is 8.46. The summed E-state index contributed by atoms with van der Waals surface area (Å²) in [5, 5.41) is 11.3. The quantitative estimate of drug-likeness (QED) is 0.0228. The summed E-state index contributed by atoms with van der Waals surface area (Å²) in [5.41, 5.74) is 1.56. The maximum absolute atomic E-state index is 13.8. The van der Waals surface area contributed by atoms with Crippen molar-refractivity contribution in [1.82, 2.24) is 26.2 Å². The lowest BCUT2D eigenvalue weighted by Gasteiger charge is -2.30. The van der Waals surface area contributed by atoms with Gasteiger partial charge >= 0.3 is 7.60 Å². The molecule has 0 bridgehead atoms. The largest absolute Gasteiger partial charge is 0.377 e. The molecule has 22 heteroatoms. The number of hydrogen-bond donors (Lipinski definition) is 8. The van der Waals surface area contributed by atoms with Crippen LogP contribution in [0, 0.1) is 5.92 Å². The van der Waals surface area contributed by atoms with Gasteiger partial charge in [0, 0.05) is 38.8 Å². The van der Waals surface area contributed by atoms with Crippen molar-refractivity contribution in [2.45, 2.75) is 50.8 Å². The van der Waals surface area contributed by atoms with Crippen LogP contribution in [0.4, 0.5) is 0 Å². The fourth-order valence-electron chi connectivity index (χ4n) is 5.72. The first kappa shape index (κ1) is 49.0. The average Bonchev–Trinajstić information content (AvgIpc) is 3.16. The number of nitrogens with zero attached hydrogens (tertiary/aromatic N) is 1. The third-order valence-corrected chi connectivity index (χ3v) is 9.15. The molecular formula is C34H61N8O13P. The maximum atomic E-state index is 13.8. The van der Waals surface area contributed by atoms with Crippen LogP contribution in [-0.2, 0) is 70.0 Å². The molecule has 1 aromatic rings. The van der Waals surface area contributed by atoms with Crippen molar-refractivity contribution in [3.63, 3.8) is 0 Å². The molecule has 2 rings (SSSR count). The molecule has 0 saturated heterocycles. The fourth-order valence-corrected chi connectivity index (χ4v) is 6.48. The van der Waals surface area contributed by atoms with E-state index in [1.165, 1.54) is 4.90 Å². The van der Waals surface area contributed by atoms with Gasteiger partial charge in [-0.1, -0.05) is 24.3 Å². The number of rotatable bonds is 31. The number of hydrogen-bond acceptors (Lipinski definition) is 16. The summed E-state index contributed by atoms with van der Waals surface area (Å²) >= 11 is 0. The van der Waals surface area contributed by atoms with Crippen molar-refractivity contribution in [2.75, 3.05) is 98.9 Å². The Morgan fingerprint density at radius 2 is 1.18 bits per heavy atom. The van der Waals surface area contributed by atoms with Gasteiger partial charge in [-0.3, -0.25) is 28.6 Å². The van der Waals surface area contributed by atoms with Crippen LogP contribution in [0.1, 0.15) is 36.8 Å². The second kappa shape index (κ2) is 29.1. The predicted molar refractivity (Wildman–Crippen MR) is 202 cm³/mol. The highest BCUT2D eigenvalue weighted by Crippen LogP contribution is 2.42. The van der Waals surface area contributed by atoms with Gasteiger partial charge in [0.15, 0.2) is 0 Å². The highest BCUT2D eigenvalue weighted by Gasteiger charge is 2.31. The molecule has 0 spiro atoms. The molecule has 0 aromatic heterocycles. The molecule has 1 saturated carbocycles. The highest BCUT2D eigenvalue weighted by molar-refractivity contribution is 7.51. The second-order valence-corrected chi connectivity index (χ2v) is 14.8. The van der Waals surface area contributed by atoms with Gasteiger partial charge < -0.3 is 59.4 Å². The molecule has 2 atom stereocenters. The molecule has 1 aliphatic rings. The van der Waals surface area contributed by atoms with Crippen molar-refractivity contribution in [3.8, 4) is 0 Å². The second-order valence-electron chi connectivity index (χ2n) is 13.0. The van der Waals surface area contributed by atoms with E-state index < -0.39 is 31.4 Å². The van der Waals surface area contributed by atoms with Gasteiger partial charge in [0.2, 0.25) is 23.6 Å². The van der Waals surface area contributed by atoms with Gasteiger partial charge in [-0.25, -0.2) is 17.7 Å². The lowest BCUT2D eigenvalue weighted by atomic mass is 9.87. The number of nitrogens with one attached hydrogen (secondary N) is 4. The van der Waals surface area contributed by atoms with E-state index in [2.05, 4.69) is 35.8 Å². The van der Waals surface area contributed by atoms with Gasteiger partial charge in [0.1, 0.15) is 0 Å². The number of nitrogens with two attached hydrogens (primary N) is 3. The first-order valence-corrected chi connectivity index (χ1v) is 20.6. The first-order chi connectivity index (χ1) is 26.9. The zero-order valence-electron chi connectivity index (χ0n) is 32.2. The van der Waals surface area contributed by atoms with Crippen LogP contribution in [-0.4, -0.2) is 144 Å². The number of carbonyl (C=O) groups is 4. The van der Waals surface area contributed by atoms with Crippen LogP contribution >= 0.6 is 7.60 Å². The monoisotopic (exact) mass is 820 g/mol. The van der Waals surface area contributed by atoms with Crippen LogP contribution in [0.3, 0.4) is 0 Å². The fraction of sp³-hybridized carbons (Fsp3) is 0.706. The van der Waals surface area contributed by atoms with Crippen molar-refractivity contribution in [1.29, 1.82) is 0 Å². The molecule has 1 unspecified atom stereocenters. The smallest absolute Gasteiger partial charge is 0.325 e. The summed E-state index contributed by atoms with van der Waals surface area (Å²) in [6.45, 7) is 3.18. The summed E-state index contributed by atoms with van der Waals surface area (Å²) < 4.78 is 32.9. The Hall–Kier alpha value is -3.15. The number of carbonyl (C=O) groups excluding carboxylic acids is 4. The van der Waals surface area contributed by atoms with E-state index in [4.69, 9.17) is 36.4 Å². The maximum Gasteiger partial charge on any atom is 0.325 e. The summed E-state index contributed by atoms with van der Waals surface area (Å²) in [6, 6.07) is 6.34. The SMILES string of the molecule is CP(=O)(O)O[C@H]1CC[C@@H](C(=O)NCc2ccc(C[C@@H](C(=O)NCCOCCON)N(CC(=O)NCCOCCON)CC(=O)NCCOCCON)cc2)CC1. The minimum absolute atomic E-state index is 0.105. The van der Waals surface area contributed by atoms with Crippen LogP contribution in [0.15, 0.2) is 24.3 Å². The van der Waals surface area contributed by atoms with E-state index in [-0.39, 0.29) is 123 Å². The molecule has 1 aliphatic carbocycles. The third kappa shape index (κ3) is 22.6. The number of amides is 4. The lowest BCUT2D eigenvalue weighted by molar-refractivity contribution is -0.132. The van der Waals surface area contributed by atoms with Crippen molar-refractivity contribution < 1.29 is 61.9 Å². The highest BCUT2D eigenvalue weighted by atomic mass is 31.2. The Morgan fingerprint density at radius 1 is 0.714 bits per heavy atom. The molecule has 21 nitrogen and oxygen atoms in total. The van der Waals surface area contributed by atoms with E-state index in [1.807, 2.05) is 24.3 Å². The topological polar surface area (TPSA) is 300 Å². The van der Waals surface area contributed by atoms with Gasteiger partial charge in [0.25, 0.3) is 0 Å². The van der Waals surface area contributed by atoms with Gasteiger partial charge in [0.05, 0.1) is 84.7 Å². The average molecular weight is 821 g/mol. The summed E-state index contributed by atoms with van der Waals surface area (Å²) in [4.78, 5) is 77.3. The van der Waals surface area contributed by atoms with Crippen molar-refractivity contribution in [2.24, 2.45) is 23.6 Å². The van der Waals surface area contributed by atoms with Crippen LogP contribution in [0.2, 0.25) is 0 Å². The van der Waals surface area contributed by atoms with Crippen molar-refractivity contribution >= 4 is 31.2 Å². The molecule has 0 aliphatic heterocycles. The molecule has 0 radical (unpaired) electrons. The minimum Gasteiger partial charge on any atom is -0.377 e. The summed E-state index contributed by atoms with van der Waals surface area (Å²) in [6.07, 6.45) is 1.94. The number of ether oxygens (including phenoxy) is 3. The lowest BCUT2D eigenvalue weighted by Crippen LogP contribution is -2.54. The van der Waals surface area contributed by atoms with Gasteiger partial charge in [-0.05, 0) is 43.2 Å². The Bertz CT molecular complexity index is 1290. The van der Waals surface area contributed by atoms with E-state index in [0.717, 1.165) is 17.8 Å². The molecule has 1 fully saturated rings. The molecule has 1 aromatic carbocycles. The van der Waals surface area contributed by atoms with Crippen LogP contribution < -0.4 is 39.0 Å². The number of benzene rings is 1. The first-order valence-electron chi connectivity index (χ1n) is 18.5. The molecule has 0 heterocycles. The van der Waals surface area contributed by atoms with E-state index >= 15 is 0 Å². The Balaban J connectivity index is 2.13. The zero-order chi connectivity index (χ0) is 41.0. The van der Waals surface area contributed by atoms with E-state index in [1.54, 1.807) is 0 Å². The van der Waals surface area contributed by atoms with Crippen LogP contribution in [0.5, 0.6) is 0 Å². The summed E-state index contributed by atoms with van der Waals surface area (Å²) in [5.74, 6) is 13.4. The molecule has 4 amide bonds. The standard InChI is InChI=1S/C34H61N8O13P/c1-56(47,48)55-29-8-6-28(7-9-29)33(45)41-23-27-4-2-26(3-5-27)22-30(34(46)40-12-15-51-18-21-54-37)42(24-31(43)38-10-13-49-16-19-52-35)25-32(44)39-11-14-50-17-20-53-36/h2-5,28-30H,6-25,35-37H2,1H3,(H,38,43)(H,39,44)(H,40,46)(H,41,45)(H,47,48)/t28-,29+,30-/m0/s1. The molecule has 56 heavy (non-hydrogen) atoms. The molecular weight excluding hydrogens is 759 g/mol. The minimum atomic E-state index is -3.59. The van der Waals surface area contributed by atoms with E-state index in [0.29, 0.717) is 25.7 Å². The normalized spacial score (nSPS) is 17.2. The van der Waals surface area contributed by atoms with Crippen LogP contribution in [0.25, 0.3) is 0 Å². The Labute approximate surface area is 327 Å². The predicted octanol–water partition coefficient (Wildman–Crippen LogP) is -2.02. The Morgan fingerprint density at radius 3 is 1.64 bits per heavy atom.